The lowest BCUT2D eigenvalue weighted by molar-refractivity contribution is -0.148. The summed E-state index contributed by atoms with van der Waals surface area (Å²) >= 11 is 6.02. The minimum absolute atomic E-state index is 0.156. The Morgan fingerprint density at radius 1 is 1.29 bits per heavy atom. The van der Waals surface area contributed by atoms with E-state index in [4.69, 9.17) is 16.3 Å². The number of benzene rings is 1. The van der Waals surface area contributed by atoms with E-state index in [2.05, 4.69) is 11.0 Å². The number of amides is 1. The van der Waals surface area contributed by atoms with Gasteiger partial charge in [-0.2, -0.15) is 0 Å². The third kappa shape index (κ3) is 3.76. The average Bonchev–Trinajstić information content (AvgIpc) is 3.01. The first kappa shape index (κ1) is 14.8. The van der Waals surface area contributed by atoms with Crippen molar-refractivity contribution in [3.05, 3.63) is 34.9 Å². The third-order valence-electron chi connectivity index (χ3n) is 4.14. The fraction of sp³-hybridized carbons (Fsp3) is 0.562. The molecule has 0 aromatic heterocycles. The minimum Gasteiger partial charge on any atom is -0.366 e. The van der Waals surface area contributed by atoms with Crippen LogP contribution in [0.2, 0.25) is 5.02 Å². The minimum atomic E-state index is -0.309. The molecule has 1 aromatic rings. The van der Waals surface area contributed by atoms with Crippen LogP contribution in [-0.4, -0.2) is 54.6 Å². The molecule has 4 nitrogen and oxygen atoms in total. The van der Waals surface area contributed by atoms with Gasteiger partial charge in [0.05, 0.1) is 6.61 Å². The van der Waals surface area contributed by atoms with E-state index in [0.29, 0.717) is 13.2 Å². The Balaban J connectivity index is 1.59. The molecule has 2 aliphatic heterocycles. The predicted molar refractivity (Wildman–Crippen MR) is 82.3 cm³/mol. The van der Waals surface area contributed by atoms with Gasteiger partial charge in [-0.15, -0.1) is 0 Å². The summed E-state index contributed by atoms with van der Waals surface area (Å²) in [4.78, 5) is 16.6. The zero-order valence-electron chi connectivity index (χ0n) is 12.1. The van der Waals surface area contributed by atoms with Crippen molar-refractivity contribution >= 4 is 17.5 Å². The number of carbonyl (C=O) groups excluding carboxylic acids is 1. The van der Waals surface area contributed by atoms with E-state index in [1.807, 2.05) is 23.1 Å². The first-order valence-electron chi connectivity index (χ1n) is 7.59. The Morgan fingerprint density at radius 2 is 2.10 bits per heavy atom. The SMILES string of the molecule is O=C(C1CN(Cc2cccc(Cl)c2)CCO1)N1CCCC1. The quantitative estimate of drug-likeness (QED) is 0.858. The molecule has 0 aliphatic carbocycles. The molecule has 2 heterocycles. The molecule has 2 aliphatic rings. The lowest BCUT2D eigenvalue weighted by atomic mass is 10.2. The van der Waals surface area contributed by atoms with Crippen LogP contribution in [0.4, 0.5) is 0 Å². The molecule has 2 saturated heterocycles. The third-order valence-corrected chi connectivity index (χ3v) is 4.37. The summed E-state index contributed by atoms with van der Waals surface area (Å²) in [6.07, 6.45) is 1.92. The molecule has 1 aromatic carbocycles. The number of carbonyl (C=O) groups is 1. The number of morpholine rings is 1. The fourth-order valence-corrected chi connectivity index (χ4v) is 3.24. The number of ether oxygens (including phenoxy) is 1. The highest BCUT2D eigenvalue weighted by Crippen LogP contribution is 2.17. The summed E-state index contributed by atoms with van der Waals surface area (Å²) in [6, 6.07) is 7.89. The van der Waals surface area contributed by atoms with Gasteiger partial charge in [0.25, 0.3) is 5.91 Å². The van der Waals surface area contributed by atoms with Crippen LogP contribution in [0.15, 0.2) is 24.3 Å². The summed E-state index contributed by atoms with van der Waals surface area (Å²) < 4.78 is 5.68. The summed E-state index contributed by atoms with van der Waals surface area (Å²) in [5.74, 6) is 0.156. The number of likely N-dealkylation sites (tertiary alicyclic amines) is 1. The van der Waals surface area contributed by atoms with Crippen LogP contribution in [-0.2, 0) is 16.1 Å². The van der Waals surface area contributed by atoms with E-state index in [1.165, 1.54) is 5.56 Å². The van der Waals surface area contributed by atoms with Crippen molar-refractivity contribution in [1.82, 2.24) is 9.80 Å². The van der Waals surface area contributed by atoms with E-state index in [0.717, 1.165) is 44.0 Å². The Kier molecular flexibility index (Phi) is 4.78. The molecule has 1 unspecified atom stereocenters. The maximum atomic E-state index is 12.4. The van der Waals surface area contributed by atoms with E-state index in [-0.39, 0.29) is 12.0 Å². The molecule has 0 spiro atoms. The zero-order chi connectivity index (χ0) is 14.7. The van der Waals surface area contributed by atoms with Crippen LogP contribution in [0.3, 0.4) is 0 Å². The van der Waals surface area contributed by atoms with Gasteiger partial charge in [-0.3, -0.25) is 9.69 Å². The second-order valence-corrected chi connectivity index (χ2v) is 6.19. The molecule has 114 valence electrons. The molecule has 21 heavy (non-hydrogen) atoms. The largest absolute Gasteiger partial charge is 0.366 e. The van der Waals surface area contributed by atoms with Crippen molar-refractivity contribution in [2.75, 3.05) is 32.8 Å². The van der Waals surface area contributed by atoms with Gasteiger partial charge in [0, 0.05) is 37.7 Å². The van der Waals surface area contributed by atoms with Crippen LogP contribution in [0.5, 0.6) is 0 Å². The molecule has 3 rings (SSSR count). The van der Waals surface area contributed by atoms with Crippen molar-refractivity contribution in [3.63, 3.8) is 0 Å². The second-order valence-electron chi connectivity index (χ2n) is 5.76. The lowest BCUT2D eigenvalue weighted by Gasteiger charge is -2.34. The highest BCUT2D eigenvalue weighted by atomic mass is 35.5. The normalized spacial score (nSPS) is 23.5. The maximum absolute atomic E-state index is 12.4. The predicted octanol–water partition coefficient (Wildman–Crippen LogP) is 2.16. The summed E-state index contributed by atoms with van der Waals surface area (Å²) in [5.41, 5.74) is 1.18. The topological polar surface area (TPSA) is 32.8 Å². The van der Waals surface area contributed by atoms with Crippen molar-refractivity contribution in [3.8, 4) is 0 Å². The number of rotatable bonds is 3. The van der Waals surface area contributed by atoms with Crippen LogP contribution in [0.25, 0.3) is 0 Å². The fourth-order valence-electron chi connectivity index (χ4n) is 3.03. The van der Waals surface area contributed by atoms with Gasteiger partial charge in [-0.05, 0) is 30.5 Å². The maximum Gasteiger partial charge on any atom is 0.253 e. The Hall–Kier alpha value is -1.10. The smallest absolute Gasteiger partial charge is 0.253 e. The zero-order valence-corrected chi connectivity index (χ0v) is 12.9. The van der Waals surface area contributed by atoms with Gasteiger partial charge >= 0.3 is 0 Å². The van der Waals surface area contributed by atoms with Gasteiger partial charge in [-0.25, -0.2) is 0 Å². The molecule has 0 radical (unpaired) electrons. The number of halogens is 1. The molecule has 2 fully saturated rings. The Bertz CT molecular complexity index is 503. The monoisotopic (exact) mass is 308 g/mol. The first-order chi connectivity index (χ1) is 10.2. The second kappa shape index (κ2) is 6.77. The molecule has 1 amide bonds. The molecule has 5 heteroatoms. The van der Waals surface area contributed by atoms with Crippen LogP contribution in [0.1, 0.15) is 18.4 Å². The highest BCUT2D eigenvalue weighted by Gasteiger charge is 2.31. The van der Waals surface area contributed by atoms with Gasteiger partial charge in [0.15, 0.2) is 0 Å². The molecular formula is C16H21ClN2O2. The number of nitrogens with zero attached hydrogens (tertiary/aromatic N) is 2. The Morgan fingerprint density at radius 3 is 2.86 bits per heavy atom. The van der Waals surface area contributed by atoms with Crippen LogP contribution >= 0.6 is 11.6 Å². The van der Waals surface area contributed by atoms with Crippen molar-refractivity contribution in [1.29, 1.82) is 0 Å². The van der Waals surface area contributed by atoms with Gasteiger partial charge in [0.2, 0.25) is 0 Å². The van der Waals surface area contributed by atoms with Crippen molar-refractivity contribution in [2.24, 2.45) is 0 Å². The van der Waals surface area contributed by atoms with E-state index >= 15 is 0 Å². The molecule has 0 bridgehead atoms. The number of hydrogen-bond acceptors (Lipinski definition) is 3. The van der Waals surface area contributed by atoms with Gasteiger partial charge < -0.3 is 9.64 Å². The summed E-state index contributed by atoms with van der Waals surface area (Å²) in [6.45, 7) is 4.72. The number of hydrogen-bond donors (Lipinski definition) is 0. The molecular weight excluding hydrogens is 288 g/mol. The average molecular weight is 309 g/mol. The van der Waals surface area contributed by atoms with Gasteiger partial charge in [-0.1, -0.05) is 23.7 Å². The van der Waals surface area contributed by atoms with Crippen LogP contribution in [0, 0.1) is 0 Å². The molecule has 0 saturated carbocycles. The van der Waals surface area contributed by atoms with Crippen LogP contribution < -0.4 is 0 Å². The van der Waals surface area contributed by atoms with Gasteiger partial charge in [0.1, 0.15) is 6.10 Å². The molecule has 0 N–H and O–H groups in total. The van der Waals surface area contributed by atoms with E-state index in [9.17, 15) is 4.79 Å². The van der Waals surface area contributed by atoms with Crippen molar-refractivity contribution in [2.45, 2.75) is 25.5 Å². The summed E-state index contributed by atoms with van der Waals surface area (Å²) in [5, 5.41) is 0.755. The first-order valence-corrected chi connectivity index (χ1v) is 7.97. The van der Waals surface area contributed by atoms with E-state index in [1.54, 1.807) is 0 Å². The Labute approximate surface area is 130 Å². The summed E-state index contributed by atoms with van der Waals surface area (Å²) in [7, 11) is 0. The highest BCUT2D eigenvalue weighted by molar-refractivity contribution is 6.30. The standard InChI is InChI=1S/C16H21ClN2O2/c17-14-5-3-4-13(10-14)11-18-8-9-21-15(12-18)16(20)19-6-1-2-7-19/h3-5,10,15H,1-2,6-9,11-12H2. The van der Waals surface area contributed by atoms with E-state index < -0.39 is 0 Å². The van der Waals surface area contributed by atoms with Crippen molar-refractivity contribution < 1.29 is 9.53 Å². The molecule has 1 atom stereocenters. The lowest BCUT2D eigenvalue weighted by Crippen LogP contribution is -2.50.